The molecule has 42 heavy (non-hydrogen) atoms. The van der Waals surface area contributed by atoms with E-state index in [0.29, 0.717) is 38.8 Å². The number of anilines is 1. The summed E-state index contributed by atoms with van der Waals surface area (Å²) < 4.78 is 35.8. The maximum Gasteiger partial charge on any atom is 0.269 e. The molecule has 2 aliphatic rings. The molecular formula is C31H26Cl2N4O4S. The molecule has 5 aromatic rings. The molecule has 0 bridgehead atoms. The number of benzene rings is 2. The quantitative estimate of drug-likeness (QED) is 0.245. The maximum atomic E-state index is 13.8. The number of halogens is 2. The number of hydrogen-bond donors (Lipinski definition) is 0. The predicted molar refractivity (Wildman–Crippen MR) is 164 cm³/mol. The molecular weight excluding hydrogens is 595 g/mol. The first kappa shape index (κ1) is 27.2. The Labute approximate surface area is 252 Å². The minimum absolute atomic E-state index is 0.161. The van der Waals surface area contributed by atoms with Gasteiger partial charge < -0.3 is 14.2 Å². The second kappa shape index (κ2) is 9.98. The number of aryl methyl sites for hydroxylation is 1. The van der Waals surface area contributed by atoms with Gasteiger partial charge in [-0.3, -0.25) is 4.79 Å². The van der Waals surface area contributed by atoms with Gasteiger partial charge in [-0.05, 0) is 54.4 Å². The van der Waals surface area contributed by atoms with Crippen LogP contribution < -0.4 is 10.5 Å². The zero-order valence-electron chi connectivity index (χ0n) is 22.6. The fourth-order valence-corrected chi connectivity index (χ4v) is 7.28. The van der Waals surface area contributed by atoms with Crippen LogP contribution in [-0.2, 0) is 21.3 Å². The lowest BCUT2D eigenvalue weighted by Gasteiger charge is -2.55. The molecule has 0 radical (unpaired) electrons. The molecule has 7 rings (SSSR count). The summed E-state index contributed by atoms with van der Waals surface area (Å²) in [7, 11) is -3.96. The van der Waals surface area contributed by atoms with Crippen LogP contribution in [-0.4, -0.2) is 48.2 Å². The SMILES string of the molecule is Cc1ccc(S(=O)(=O)n2cc(-c3ccn(Cc4ccc(Cl)c(Cl)c4)c(=O)c3)c3cc(N4CC5(COC5)C4)cnc32)cc1. The van der Waals surface area contributed by atoms with E-state index < -0.39 is 10.0 Å². The average molecular weight is 622 g/mol. The van der Waals surface area contributed by atoms with E-state index in [4.69, 9.17) is 27.9 Å². The Hall–Kier alpha value is -3.63. The van der Waals surface area contributed by atoms with Gasteiger partial charge in [-0.25, -0.2) is 17.4 Å². The molecule has 0 N–H and O–H groups in total. The fraction of sp³-hybridized carbons (Fsp3) is 0.226. The zero-order chi connectivity index (χ0) is 29.2. The van der Waals surface area contributed by atoms with E-state index in [-0.39, 0.29) is 15.9 Å². The largest absolute Gasteiger partial charge is 0.380 e. The number of ether oxygens (including phenoxy) is 1. The van der Waals surface area contributed by atoms with Crippen LogP contribution in [0.25, 0.3) is 22.2 Å². The standard InChI is InChI=1S/C31H26Cl2N4O4S/c1-20-2-5-24(6-3-20)42(39,40)37-15-26(25-12-23(13-34-30(25)37)36-16-31(17-36)18-41-19-31)22-8-9-35(29(38)11-22)14-21-4-7-27(32)28(33)10-21/h2-13,15H,14,16-19H2,1H3. The van der Waals surface area contributed by atoms with Crippen LogP contribution in [0.5, 0.6) is 0 Å². The van der Waals surface area contributed by atoms with Gasteiger partial charge in [0.25, 0.3) is 15.6 Å². The lowest BCUT2D eigenvalue weighted by molar-refractivity contribution is -0.127. The first-order valence-corrected chi connectivity index (χ1v) is 15.6. The Kier molecular flexibility index (Phi) is 6.47. The van der Waals surface area contributed by atoms with Gasteiger partial charge in [0.2, 0.25) is 0 Å². The lowest BCUT2D eigenvalue weighted by atomic mass is 9.78. The zero-order valence-corrected chi connectivity index (χ0v) is 25.0. The average Bonchev–Trinajstić information content (AvgIpc) is 3.30. The molecule has 0 aliphatic carbocycles. The monoisotopic (exact) mass is 620 g/mol. The van der Waals surface area contributed by atoms with E-state index in [2.05, 4.69) is 9.88 Å². The summed E-state index contributed by atoms with van der Waals surface area (Å²) >= 11 is 12.2. The normalized spacial score (nSPS) is 16.0. The lowest BCUT2D eigenvalue weighted by Crippen LogP contribution is -2.66. The van der Waals surface area contributed by atoms with Crippen LogP contribution in [0.3, 0.4) is 0 Å². The van der Waals surface area contributed by atoms with Crippen molar-refractivity contribution in [1.29, 1.82) is 0 Å². The molecule has 0 unspecified atom stereocenters. The van der Waals surface area contributed by atoms with Crippen molar-refractivity contribution in [2.75, 3.05) is 31.2 Å². The van der Waals surface area contributed by atoms with Crippen molar-refractivity contribution < 1.29 is 13.2 Å². The smallest absolute Gasteiger partial charge is 0.269 e. The highest BCUT2D eigenvalue weighted by Crippen LogP contribution is 2.42. The van der Waals surface area contributed by atoms with E-state index in [1.807, 2.05) is 25.1 Å². The van der Waals surface area contributed by atoms with Crippen molar-refractivity contribution in [3.8, 4) is 11.1 Å². The summed E-state index contributed by atoms with van der Waals surface area (Å²) in [6.45, 7) is 5.46. The highest BCUT2D eigenvalue weighted by molar-refractivity contribution is 7.90. The van der Waals surface area contributed by atoms with Gasteiger partial charge in [0, 0.05) is 42.5 Å². The van der Waals surface area contributed by atoms with Crippen molar-refractivity contribution in [3.05, 3.63) is 111 Å². The number of pyridine rings is 2. The van der Waals surface area contributed by atoms with Gasteiger partial charge in [0.15, 0.2) is 5.65 Å². The van der Waals surface area contributed by atoms with Crippen molar-refractivity contribution in [1.82, 2.24) is 13.5 Å². The topological polar surface area (TPSA) is 86.4 Å². The molecule has 214 valence electrons. The molecule has 5 heterocycles. The summed E-state index contributed by atoms with van der Waals surface area (Å²) in [5.41, 5.74) is 4.17. The summed E-state index contributed by atoms with van der Waals surface area (Å²) in [6, 6.07) is 17.3. The van der Waals surface area contributed by atoms with Gasteiger partial charge in [-0.1, -0.05) is 47.0 Å². The third-order valence-corrected chi connectivity index (χ3v) is 10.5. The first-order valence-electron chi connectivity index (χ1n) is 13.4. The molecule has 11 heteroatoms. The maximum absolute atomic E-state index is 13.8. The molecule has 0 saturated carbocycles. The Bertz CT molecular complexity index is 2020. The van der Waals surface area contributed by atoms with Gasteiger partial charge in [-0.15, -0.1) is 0 Å². The molecule has 2 fully saturated rings. The predicted octanol–water partition coefficient (Wildman–Crippen LogP) is 5.60. The van der Waals surface area contributed by atoms with E-state index in [1.165, 1.54) is 10.0 Å². The first-order chi connectivity index (χ1) is 20.1. The van der Waals surface area contributed by atoms with Gasteiger partial charge in [0.05, 0.1) is 52.0 Å². The second-order valence-electron chi connectivity index (χ2n) is 11.2. The minimum Gasteiger partial charge on any atom is -0.380 e. The van der Waals surface area contributed by atoms with Crippen molar-refractivity contribution in [2.45, 2.75) is 18.4 Å². The third kappa shape index (κ3) is 4.61. The molecule has 0 atom stereocenters. The molecule has 2 aromatic carbocycles. The van der Waals surface area contributed by atoms with Gasteiger partial charge in [0.1, 0.15) is 0 Å². The summed E-state index contributed by atoms with van der Waals surface area (Å²) in [6.07, 6.45) is 4.98. The van der Waals surface area contributed by atoms with Crippen molar-refractivity contribution in [3.63, 3.8) is 0 Å². The second-order valence-corrected chi connectivity index (χ2v) is 13.8. The minimum atomic E-state index is -3.96. The van der Waals surface area contributed by atoms with E-state index >= 15 is 0 Å². The van der Waals surface area contributed by atoms with Crippen molar-refractivity contribution in [2.24, 2.45) is 5.41 Å². The van der Waals surface area contributed by atoms with Crippen LogP contribution in [0.4, 0.5) is 5.69 Å². The summed E-state index contributed by atoms with van der Waals surface area (Å²) in [5, 5.41) is 1.51. The Morgan fingerprint density at radius 2 is 1.74 bits per heavy atom. The molecule has 1 spiro atoms. The molecule has 2 aliphatic heterocycles. The van der Waals surface area contributed by atoms with Crippen LogP contribution in [0.15, 0.2) is 88.9 Å². The Morgan fingerprint density at radius 3 is 2.40 bits per heavy atom. The number of hydrogen-bond acceptors (Lipinski definition) is 6. The number of aromatic nitrogens is 3. The molecule has 0 amide bonds. The molecule has 3 aromatic heterocycles. The van der Waals surface area contributed by atoms with E-state index in [0.717, 1.165) is 43.1 Å². The van der Waals surface area contributed by atoms with Gasteiger partial charge >= 0.3 is 0 Å². The number of nitrogens with zero attached hydrogens (tertiary/aromatic N) is 4. The van der Waals surface area contributed by atoms with Crippen LogP contribution in [0.2, 0.25) is 10.0 Å². The highest BCUT2D eigenvalue weighted by Gasteiger charge is 2.49. The summed E-state index contributed by atoms with van der Waals surface area (Å²) in [5.74, 6) is 0. The van der Waals surface area contributed by atoms with E-state index in [9.17, 15) is 13.2 Å². The number of fused-ring (bicyclic) bond motifs is 1. The van der Waals surface area contributed by atoms with Crippen LogP contribution in [0.1, 0.15) is 11.1 Å². The number of rotatable bonds is 6. The molecule has 8 nitrogen and oxygen atoms in total. The Balaban J connectivity index is 1.31. The third-order valence-electron chi connectivity index (χ3n) is 8.05. The van der Waals surface area contributed by atoms with E-state index in [1.54, 1.807) is 59.6 Å². The van der Waals surface area contributed by atoms with Gasteiger partial charge in [-0.2, -0.15) is 0 Å². The van der Waals surface area contributed by atoms with Crippen LogP contribution >= 0.6 is 23.2 Å². The molecule has 2 saturated heterocycles. The highest BCUT2D eigenvalue weighted by atomic mass is 35.5. The van der Waals surface area contributed by atoms with Crippen LogP contribution in [0, 0.1) is 12.3 Å². The van der Waals surface area contributed by atoms with Crippen molar-refractivity contribution >= 4 is 49.9 Å². The Morgan fingerprint density at radius 1 is 0.976 bits per heavy atom. The summed E-state index contributed by atoms with van der Waals surface area (Å²) in [4.78, 5) is 20.3. The fourth-order valence-electron chi connectivity index (χ4n) is 5.64.